The number of hydrogen-bond acceptors (Lipinski definition) is 4. The SMILES string of the molecule is COCC(CO)NS(=O)(=O)c1cc(C)cc(C)c1. The summed E-state index contributed by atoms with van der Waals surface area (Å²) >= 11 is 0. The summed E-state index contributed by atoms with van der Waals surface area (Å²) < 4.78 is 31.5. The zero-order chi connectivity index (χ0) is 13.8. The number of aliphatic hydroxyl groups is 1. The lowest BCUT2D eigenvalue weighted by molar-refractivity contribution is 0.139. The van der Waals surface area contributed by atoms with Gasteiger partial charge in [0.05, 0.1) is 24.2 Å². The molecule has 0 aromatic heterocycles. The first-order valence-corrected chi connectivity index (χ1v) is 7.08. The molecule has 1 unspecified atom stereocenters. The molecule has 0 aliphatic heterocycles. The van der Waals surface area contributed by atoms with Gasteiger partial charge >= 0.3 is 0 Å². The van der Waals surface area contributed by atoms with Crippen molar-refractivity contribution in [3.05, 3.63) is 29.3 Å². The third-order valence-electron chi connectivity index (χ3n) is 2.42. The van der Waals surface area contributed by atoms with E-state index in [1.807, 2.05) is 19.9 Å². The molecule has 0 aliphatic rings. The molecular weight excluding hydrogens is 254 g/mol. The van der Waals surface area contributed by atoms with Gasteiger partial charge < -0.3 is 9.84 Å². The largest absolute Gasteiger partial charge is 0.395 e. The van der Waals surface area contributed by atoms with Crippen LogP contribution in [0.1, 0.15) is 11.1 Å². The van der Waals surface area contributed by atoms with Gasteiger partial charge in [-0.1, -0.05) is 6.07 Å². The van der Waals surface area contributed by atoms with Crippen molar-refractivity contribution in [2.45, 2.75) is 24.8 Å². The average molecular weight is 273 g/mol. The van der Waals surface area contributed by atoms with Crippen molar-refractivity contribution >= 4 is 10.0 Å². The predicted molar refractivity (Wildman–Crippen MR) is 69.0 cm³/mol. The maximum Gasteiger partial charge on any atom is 0.240 e. The number of benzene rings is 1. The van der Waals surface area contributed by atoms with E-state index in [1.165, 1.54) is 7.11 Å². The molecule has 0 fully saturated rings. The molecule has 0 aliphatic carbocycles. The highest BCUT2D eigenvalue weighted by molar-refractivity contribution is 7.89. The summed E-state index contributed by atoms with van der Waals surface area (Å²) in [6.45, 7) is 3.49. The van der Waals surface area contributed by atoms with Crippen LogP contribution in [0.3, 0.4) is 0 Å². The van der Waals surface area contributed by atoms with Crippen molar-refractivity contribution in [2.75, 3.05) is 20.3 Å². The van der Waals surface area contributed by atoms with Crippen LogP contribution in [0.2, 0.25) is 0 Å². The Morgan fingerprint density at radius 3 is 2.28 bits per heavy atom. The van der Waals surface area contributed by atoms with Crippen LogP contribution < -0.4 is 4.72 Å². The highest BCUT2D eigenvalue weighted by Crippen LogP contribution is 2.14. The van der Waals surface area contributed by atoms with E-state index in [0.717, 1.165) is 11.1 Å². The zero-order valence-corrected chi connectivity index (χ0v) is 11.6. The highest BCUT2D eigenvalue weighted by atomic mass is 32.2. The van der Waals surface area contributed by atoms with Gasteiger partial charge in [-0.05, 0) is 37.1 Å². The van der Waals surface area contributed by atoms with E-state index in [-0.39, 0.29) is 18.1 Å². The molecule has 0 bridgehead atoms. The number of ether oxygens (including phenoxy) is 1. The van der Waals surface area contributed by atoms with Crippen molar-refractivity contribution < 1.29 is 18.3 Å². The molecule has 0 amide bonds. The van der Waals surface area contributed by atoms with E-state index in [9.17, 15) is 8.42 Å². The van der Waals surface area contributed by atoms with E-state index >= 15 is 0 Å². The quantitative estimate of drug-likeness (QED) is 0.795. The molecule has 0 radical (unpaired) electrons. The summed E-state index contributed by atoms with van der Waals surface area (Å²) in [5, 5.41) is 9.07. The Bertz CT molecular complexity index is 479. The van der Waals surface area contributed by atoms with E-state index in [1.54, 1.807) is 12.1 Å². The van der Waals surface area contributed by atoms with E-state index in [4.69, 9.17) is 9.84 Å². The molecule has 18 heavy (non-hydrogen) atoms. The summed E-state index contributed by atoms with van der Waals surface area (Å²) in [4.78, 5) is 0.203. The Balaban J connectivity index is 2.98. The number of rotatable bonds is 6. The Labute approximate surface area is 108 Å². The summed E-state index contributed by atoms with van der Waals surface area (Å²) in [5.74, 6) is 0. The van der Waals surface area contributed by atoms with Crippen molar-refractivity contribution in [1.29, 1.82) is 0 Å². The normalized spacial score (nSPS) is 13.6. The van der Waals surface area contributed by atoms with Gasteiger partial charge in [0.25, 0.3) is 0 Å². The molecule has 1 aromatic carbocycles. The lowest BCUT2D eigenvalue weighted by Gasteiger charge is -2.16. The first-order valence-electron chi connectivity index (χ1n) is 5.59. The van der Waals surface area contributed by atoms with Crippen molar-refractivity contribution in [3.63, 3.8) is 0 Å². The number of aryl methyl sites for hydroxylation is 2. The monoisotopic (exact) mass is 273 g/mol. The fourth-order valence-electron chi connectivity index (χ4n) is 1.70. The van der Waals surface area contributed by atoms with Crippen LogP contribution >= 0.6 is 0 Å². The molecule has 1 rings (SSSR count). The molecule has 1 aromatic rings. The number of methoxy groups -OCH3 is 1. The maximum absolute atomic E-state index is 12.1. The lowest BCUT2D eigenvalue weighted by Crippen LogP contribution is -2.40. The second-order valence-corrected chi connectivity index (χ2v) is 5.99. The van der Waals surface area contributed by atoms with Gasteiger partial charge in [0, 0.05) is 7.11 Å². The van der Waals surface area contributed by atoms with Crippen LogP contribution in [0.15, 0.2) is 23.1 Å². The topological polar surface area (TPSA) is 75.6 Å². The predicted octanol–water partition coefficient (Wildman–Crippen LogP) is 0.589. The fourth-order valence-corrected chi connectivity index (χ4v) is 3.10. The van der Waals surface area contributed by atoms with E-state index < -0.39 is 16.1 Å². The molecule has 2 N–H and O–H groups in total. The Hall–Kier alpha value is -0.950. The fraction of sp³-hybridized carbons (Fsp3) is 0.500. The molecule has 6 heteroatoms. The molecule has 0 saturated heterocycles. The van der Waals surface area contributed by atoms with Crippen LogP contribution in [0.4, 0.5) is 0 Å². The second kappa shape index (κ2) is 6.29. The average Bonchev–Trinajstić information content (AvgIpc) is 2.27. The van der Waals surface area contributed by atoms with E-state index in [2.05, 4.69) is 4.72 Å². The van der Waals surface area contributed by atoms with Crippen LogP contribution in [-0.2, 0) is 14.8 Å². The Morgan fingerprint density at radius 2 is 1.83 bits per heavy atom. The minimum Gasteiger partial charge on any atom is -0.395 e. The van der Waals surface area contributed by atoms with Gasteiger partial charge in [-0.3, -0.25) is 0 Å². The summed E-state index contributed by atoms with van der Waals surface area (Å²) in [7, 11) is -2.18. The van der Waals surface area contributed by atoms with Gasteiger partial charge in [0.2, 0.25) is 10.0 Å². The van der Waals surface area contributed by atoms with Crippen molar-refractivity contribution in [2.24, 2.45) is 0 Å². The zero-order valence-electron chi connectivity index (χ0n) is 10.8. The van der Waals surface area contributed by atoms with Crippen LogP contribution in [-0.4, -0.2) is 39.9 Å². The molecular formula is C12H19NO4S. The molecule has 5 nitrogen and oxygen atoms in total. The summed E-state index contributed by atoms with van der Waals surface area (Å²) in [5.41, 5.74) is 1.75. The summed E-state index contributed by atoms with van der Waals surface area (Å²) in [6, 6.07) is 4.45. The smallest absolute Gasteiger partial charge is 0.240 e. The van der Waals surface area contributed by atoms with Gasteiger partial charge in [-0.25, -0.2) is 13.1 Å². The summed E-state index contributed by atoms with van der Waals surface area (Å²) in [6.07, 6.45) is 0. The Morgan fingerprint density at radius 1 is 1.28 bits per heavy atom. The number of sulfonamides is 1. The lowest BCUT2D eigenvalue weighted by atomic mass is 10.2. The third-order valence-corrected chi connectivity index (χ3v) is 3.92. The molecule has 0 saturated carbocycles. The van der Waals surface area contributed by atoms with Crippen molar-refractivity contribution in [1.82, 2.24) is 4.72 Å². The molecule has 102 valence electrons. The maximum atomic E-state index is 12.1. The standard InChI is InChI=1S/C12H19NO4S/c1-9-4-10(2)6-12(5-9)18(15,16)13-11(7-14)8-17-3/h4-6,11,13-14H,7-8H2,1-3H3. The van der Waals surface area contributed by atoms with Crippen LogP contribution in [0, 0.1) is 13.8 Å². The minimum absolute atomic E-state index is 0.126. The second-order valence-electron chi connectivity index (χ2n) is 4.28. The van der Waals surface area contributed by atoms with Gasteiger partial charge in [-0.15, -0.1) is 0 Å². The third kappa shape index (κ3) is 4.06. The van der Waals surface area contributed by atoms with E-state index in [0.29, 0.717) is 0 Å². The first kappa shape index (κ1) is 15.1. The van der Waals surface area contributed by atoms with Crippen LogP contribution in [0.5, 0.6) is 0 Å². The minimum atomic E-state index is -3.63. The van der Waals surface area contributed by atoms with Gasteiger partial charge in [-0.2, -0.15) is 0 Å². The first-order chi connectivity index (χ1) is 8.39. The molecule has 0 heterocycles. The number of hydrogen-bond donors (Lipinski definition) is 2. The molecule has 0 spiro atoms. The van der Waals surface area contributed by atoms with Gasteiger partial charge in [0.1, 0.15) is 0 Å². The van der Waals surface area contributed by atoms with Gasteiger partial charge in [0.15, 0.2) is 0 Å². The van der Waals surface area contributed by atoms with Crippen molar-refractivity contribution in [3.8, 4) is 0 Å². The highest BCUT2D eigenvalue weighted by Gasteiger charge is 2.19. The number of nitrogens with one attached hydrogen (secondary N) is 1. The molecule has 1 atom stereocenters. The van der Waals surface area contributed by atoms with Crippen LogP contribution in [0.25, 0.3) is 0 Å². The Kier molecular flexibility index (Phi) is 5.28. The number of aliphatic hydroxyl groups excluding tert-OH is 1.